The molecular formula is C12H15BrN2O3S. The van der Waals surface area contributed by atoms with Gasteiger partial charge in [-0.25, -0.2) is 8.42 Å². The van der Waals surface area contributed by atoms with Crippen molar-refractivity contribution in [2.75, 3.05) is 17.1 Å². The van der Waals surface area contributed by atoms with E-state index in [-0.39, 0.29) is 29.7 Å². The lowest BCUT2D eigenvalue weighted by atomic mass is 10.2. The maximum Gasteiger partial charge on any atom is 0.235 e. The standard InChI is InChI=1S/C12H15BrN2O3S/c1-9(2)18-5-6-19(16,17)15-12-4-3-11(13)7-10(12)8-14/h3-4,7,9,15H,5-6H2,1-2H3. The van der Waals surface area contributed by atoms with Gasteiger partial charge in [-0.1, -0.05) is 15.9 Å². The summed E-state index contributed by atoms with van der Waals surface area (Å²) in [6.07, 6.45) is -0.0162. The summed E-state index contributed by atoms with van der Waals surface area (Å²) in [7, 11) is -3.52. The SMILES string of the molecule is CC(C)OCCS(=O)(=O)Nc1ccc(Br)cc1C#N. The lowest BCUT2D eigenvalue weighted by Crippen LogP contribution is -2.22. The van der Waals surface area contributed by atoms with Crippen molar-refractivity contribution < 1.29 is 13.2 Å². The van der Waals surface area contributed by atoms with E-state index in [1.54, 1.807) is 18.2 Å². The van der Waals surface area contributed by atoms with Crippen molar-refractivity contribution >= 4 is 31.6 Å². The van der Waals surface area contributed by atoms with Crippen LogP contribution in [-0.2, 0) is 14.8 Å². The van der Waals surface area contributed by atoms with E-state index in [1.807, 2.05) is 19.9 Å². The first-order chi connectivity index (χ1) is 8.84. The number of hydrogen-bond donors (Lipinski definition) is 1. The third-order valence-corrected chi connectivity index (χ3v) is 3.90. The summed E-state index contributed by atoms with van der Waals surface area (Å²) in [4.78, 5) is 0. The third-order valence-electron chi connectivity index (χ3n) is 2.17. The summed E-state index contributed by atoms with van der Waals surface area (Å²) in [5.41, 5.74) is 0.540. The zero-order valence-electron chi connectivity index (χ0n) is 10.7. The second-order valence-electron chi connectivity index (χ2n) is 4.14. The van der Waals surface area contributed by atoms with Crippen molar-refractivity contribution in [3.05, 3.63) is 28.2 Å². The first-order valence-corrected chi connectivity index (χ1v) is 8.10. The Hall–Kier alpha value is -1.10. The van der Waals surface area contributed by atoms with Crippen LogP contribution in [0.25, 0.3) is 0 Å². The molecule has 0 radical (unpaired) electrons. The maximum atomic E-state index is 11.8. The molecule has 0 spiro atoms. The molecule has 0 aromatic heterocycles. The fourth-order valence-corrected chi connectivity index (χ4v) is 2.60. The molecule has 0 saturated carbocycles. The molecule has 0 aliphatic heterocycles. The normalized spacial score (nSPS) is 11.3. The second-order valence-corrected chi connectivity index (χ2v) is 6.90. The average molecular weight is 347 g/mol. The number of sulfonamides is 1. The van der Waals surface area contributed by atoms with Crippen LogP contribution >= 0.6 is 15.9 Å². The zero-order chi connectivity index (χ0) is 14.5. The highest BCUT2D eigenvalue weighted by atomic mass is 79.9. The number of nitriles is 1. The van der Waals surface area contributed by atoms with E-state index in [1.165, 1.54) is 0 Å². The molecule has 0 amide bonds. The molecule has 0 aliphatic rings. The Morgan fingerprint density at radius 2 is 2.16 bits per heavy atom. The highest BCUT2D eigenvalue weighted by molar-refractivity contribution is 9.10. The van der Waals surface area contributed by atoms with Gasteiger partial charge in [0.1, 0.15) is 6.07 Å². The van der Waals surface area contributed by atoms with E-state index in [4.69, 9.17) is 10.00 Å². The van der Waals surface area contributed by atoms with Crippen LogP contribution in [0, 0.1) is 11.3 Å². The summed E-state index contributed by atoms with van der Waals surface area (Å²) in [5.74, 6) is -0.147. The summed E-state index contributed by atoms with van der Waals surface area (Å²) < 4.78 is 31.9. The van der Waals surface area contributed by atoms with Gasteiger partial charge < -0.3 is 4.74 Å². The molecule has 104 valence electrons. The van der Waals surface area contributed by atoms with Gasteiger partial charge in [0, 0.05) is 4.47 Å². The first kappa shape index (κ1) is 16.0. The van der Waals surface area contributed by atoms with E-state index in [9.17, 15) is 8.42 Å². The number of hydrogen-bond acceptors (Lipinski definition) is 4. The van der Waals surface area contributed by atoms with Crippen molar-refractivity contribution in [2.45, 2.75) is 20.0 Å². The van der Waals surface area contributed by atoms with Gasteiger partial charge in [-0.2, -0.15) is 5.26 Å². The number of anilines is 1. The van der Waals surface area contributed by atoms with Crippen LogP contribution in [0.1, 0.15) is 19.4 Å². The van der Waals surface area contributed by atoms with E-state index in [0.29, 0.717) is 0 Å². The zero-order valence-corrected chi connectivity index (χ0v) is 13.1. The second kappa shape index (κ2) is 6.89. The summed E-state index contributed by atoms with van der Waals surface area (Å²) in [5, 5.41) is 8.96. The maximum absolute atomic E-state index is 11.8. The smallest absolute Gasteiger partial charge is 0.235 e. The molecule has 19 heavy (non-hydrogen) atoms. The molecule has 0 atom stereocenters. The molecule has 0 unspecified atom stereocenters. The van der Waals surface area contributed by atoms with Crippen LogP contribution in [-0.4, -0.2) is 26.9 Å². The van der Waals surface area contributed by atoms with Crippen LogP contribution in [0.15, 0.2) is 22.7 Å². The van der Waals surface area contributed by atoms with Crippen molar-refractivity contribution in [3.8, 4) is 6.07 Å². The van der Waals surface area contributed by atoms with Crippen LogP contribution < -0.4 is 4.72 Å². The van der Waals surface area contributed by atoms with Crippen molar-refractivity contribution in [3.63, 3.8) is 0 Å². The topological polar surface area (TPSA) is 79.2 Å². The van der Waals surface area contributed by atoms with Crippen LogP contribution in [0.3, 0.4) is 0 Å². The fourth-order valence-electron chi connectivity index (χ4n) is 1.31. The van der Waals surface area contributed by atoms with Gasteiger partial charge in [-0.05, 0) is 32.0 Å². The van der Waals surface area contributed by atoms with E-state index in [0.717, 1.165) is 4.47 Å². The number of halogens is 1. The predicted molar refractivity (Wildman–Crippen MR) is 77.4 cm³/mol. The summed E-state index contributed by atoms with van der Waals surface area (Å²) >= 11 is 3.23. The largest absolute Gasteiger partial charge is 0.378 e. The van der Waals surface area contributed by atoms with Gasteiger partial charge in [-0.15, -0.1) is 0 Å². The number of nitrogens with zero attached hydrogens (tertiary/aromatic N) is 1. The Morgan fingerprint density at radius 3 is 2.74 bits per heavy atom. The number of rotatable bonds is 6. The van der Waals surface area contributed by atoms with Gasteiger partial charge in [0.05, 0.1) is 29.7 Å². The molecule has 7 heteroatoms. The van der Waals surface area contributed by atoms with Gasteiger partial charge >= 0.3 is 0 Å². The Kier molecular flexibility index (Phi) is 5.79. The van der Waals surface area contributed by atoms with Crippen molar-refractivity contribution in [1.29, 1.82) is 5.26 Å². The first-order valence-electron chi connectivity index (χ1n) is 5.66. The minimum absolute atomic E-state index is 0.0162. The highest BCUT2D eigenvalue weighted by Gasteiger charge is 2.13. The lowest BCUT2D eigenvalue weighted by Gasteiger charge is -2.11. The fraction of sp³-hybridized carbons (Fsp3) is 0.417. The van der Waals surface area contributed by atoms with E-state index < -0.39 is 10.0 Å². The monoisotopic (exact) mass is 346 g/mol. The van der Waals surface area contributed by atoms with Gasteiger partial charge in [-0.3, -0.25) is 4.72 Å². The van der Waals surface area contributed by atoms with E-state index >= 15 is 0 Å². The molecule has 5 nitrogen and oxygen atoms in total. The molecule has 1 aromatic rings. The predicted octanol–water partition coefficient (Wildman–Crippen LogP) is 2.49. The number of benzene rings is 1. The Labute approximate surface area is 121 Å². The minimum Gasteiger partial charge on any atom is -0.378 e. The van der Waals surface area contributed by atoms with Gasteiger partial charge in [0.2, 0.25) is 10.0 Å². The molecule has 0 saturated heterocycles. The molecule has 0 heterocycles. The van der Waals surface area contributed by atoms with Crippen LogP contribution in [0.5, 0.6) is 0 Å². The van der Waals surface area contributed by atoms with Crippen LogP contribution in [0.2, 0.25) is 0 Å². The highest BCUT2D eigenvalue weighted by Crippen LogP contribution is 2.21. The minimum atomic E-state index is -3.52. The number of nitrogens with one attached hydrogen (secondary N) is 1. The average Bonchev–Trinajstić information content (AvgIpc) is 2.30. The molecule has 0 fully saturated rings. The molecule has 0 aliphatic carbocycles. The van der Waals surface area contributed by atoms with Crippen LogP contribution in [0.4, 0.5) is 5.69 Å². The Bertz CT molecular complexity index is 579. The van der Waals surface area contributed by atoms with Gasteiger partial charge in [0.25, 0.3) is 0 Å². The quantitative estimate of drug-likeness (QED) is 0.857. The van der Waals surface area contributed by atoms with Crippen molar-refractivity contribution in [2.24, 2.45) is 0 Å². The Balaban J connectivity index is 2.76. The van der Waals surface area contributed by atoms with E-state index in [2.05, 4.69) is 20.7 Å². The molecule has 1 aromatic carbocycles. The van der Waals surface area contributed by atoms with Crippen molar-refractivity contribution in [1.82, 2.24) is 0 Å². The molecule has 1 N–H and O–H groups in total. The molecular weight excluding hydrogens is 332 g/mol. The molecule has 1 rings (SSSR count). The molecule has 0 bridgehead atoms. The van der Waals surface area contributed by atoms with Gasteiger partial charge in [0.15, 0.2) is 0 Å². The summed E-state index contributed by atoms with van der Waals surface area (Å²) in [6, 6.07) is 6.72. The third kappa shape index (κ3) is 5.59. The lowest BCUT2D eigenvalue weighted by molar-refractivity contribution is 0.0913. The Morgan fingerprint density at radius 1 is 1.47 bits per heavy atom. The number of ether oxygens (including phenoxy) is 1. The summed E-state index contributed by atoms with van der Waals surface area (Å²) in [6.45, 7) is 3.79.